The van der Waals surface area contributed by atoms with Crippen molar-refractivity contribution in [1.29, 1.82) is 0 Å². The highest BCUT2D eigenvalue weighted by atomic mass is 16.5. The van der Waals surface area contributed by atoms with Crippen LogP contribution >= 0.6 is 0 Å². The number of carbonyl (C=O) groups excluding carboxylic acids is 4. The number of ether oxygens (including phenoxy) is 1. The van der Waals surface area contributed by atoms with Crippen LogP contribution < -0.4 is 10.2 Å². The number of hydrogen-bond donors (Lipinski definition) is 1. The average Bonchev–Trinajstić information content (AvgIpc) is 2.90. The average molecular weight is 380 g/mol. The van der Waals surface area contributed by atoms with E-state index in [1.54, 1.807) is 18.2 Å². The summed E-state index contributed by atoms with van der Waals surface area (Å²) in [5.41, 5.74) is 3.13. The molecule has 144 valence electrons. The normalized spacial score (nSPS) is 13.9. The number of rotatable bonds is 5. The maximum absolute atomic E-state index is 12.3. The molecule has 2 aromatic rings. The predicted molar refractivity (Wildman–Crippen MR) is 103 cm³/mol. The van der Waals surface area contributed by atoms with Gasteiger partial charge in [-0.25, -0.2) is 0 Å². The second kappa shape index (κ2) is 7.64. The zero-order chi connectivity index (χ0) is 20.4. The van der Waals surface area contributed by atoms with Crippen LogP contribution in [0.5, 0.6) is 0 Å². The molecule has 7 nitrogen and oxygen atoms in total. The van der Waals surface area contributed by atoms with Gasteiger partial charge in [0.05, 0.1) is 11.3 Å². The van der Waals surface area contributed by atoms with Gasteiger partial charge in [0.15, 0.2) is 6.10 Å². The van der Waals surface area contributed by atoms with E-state index in [4.69, 9.17) is 4.74 Å². The van der Waals surface area contributed by atoms with Crippen molar-refractivity contribution in [1.82, 2.24) is 0 Å². The van der Waals surface area contributed by atoms with Crippen LogP contribution in [0.25, 0.3) is 0 Å². The van der Waals surface area contributed by atoms with E-state index in [-0.39, 0.29) is 5.56 Å². The Bertz CT molecular complexity index is 983. The molecule has 0 spiro atoms. The van der Waals surface area contributed by atoms with E-state index < -0.39 is 36.2 Å². The summed E-state index contributed by atoms with van der Waals surface area (Å²) in [6, 6.07) is 12.1. The Morgan fingerprint density at radius 3 is 2.57 bits per heavy atom. The molecule has 0 bridgehead atoms. The lowest BCUT2D eigenvalue weighted by Crippen LogP contribution is -2.38. The fourth-order valence-corrected chi connectivity index (χ4v) is 2.93. The number of benzene rings is 2. The summed E-state index contributed by atoms with van der Waals surface area (Å²) >= 11 is 0. The molecule has 0 radical (unpaired) electrons. The van der Waals surface area contributed by atoms with Gasteiger partial charge < -0.3 is 10.1 Å². The number of esters is 1. The maximum atomic E-state index is 12.3. The van der Waals surface area contributed by atoms with Gasteiger partial charge in [0.1, 0.15) is 6.54 Å². The Morgan fingerprint density at radius 2 is 1.82 bits per heavy atom. The van der Waals surface area contributed by atoms with Crippen LogP contribution in [0.1, 0.15) is 28.4 Å². The third-order valence-corrected chi connectivity index (χ3v) is 4.49. The lowest BCUT2D eigenvalue weighted by molar-refractivity contribution is -0.152. The van der Waals surface area contributed by atoms with Gasteiger partial charge in [-0.1, -0.05) is 24.3 Å². The number of amides is 2. The second-order valence-corrected chi connectivity index (χ2v) is 6.68. The summed E-state index contributed by atoms with van der Waals surface area (Å²) in [4.78, 5) is 49.7. The number of hydrogen-bond acceptors (Lipinski definition) is 5. The fraction of sp³-hybridized carbons (Fsp3) is 0.238. The zero-order valence-corrected chi connectivity index (χ0v) is 15.8. The van der Waals surface area contributed by atoms with Gasteiger partial charge in [-0.3, -0.25) is 24.1 Å². The van der Waals surface area contributed by atoms with Crippen molar-refractivity contribution in [2.45, 2.75) is 26.9 Å². The molecule has 0 saturated heterocycles. The minimum absolute atomic E-state index is 0.251. The first-order valence-corrected chi connectivity index (χ1v) is 8.80. The second-order valence-electron chi connectivity index (χ2n) is 6.68. The number of ketones is 1. The minimum Gasteiger partial charge on any atom is -0.451 e. The number of anilines is 2. The molecule has 1 aliphatic heterocycles. The SMILES string of the molecule is Cc1ccc(C)c(NC(=O)[C@@H](C)OC(=O)CN2C(=O)C(=O)c3ccccc32)c1. The van der Waals surface area contributed by atoms with E-state index in [2.05, 4.69) is 5.32 Å². The summed E-state index contributed by atoms with van der Waals surface area (Å²) in [5.74, 6) is -2.71. The first-order chi connectivity index (χ1) is 13.3. The highest BCUT2D eigenvalue weighted by Gasteiger charge is 2.37. The van der Waals surface area contributed by atoms with Crippen LogP contribution in [0.3, 0.4) is 0 Å². The molecule has 1 N–H and O–H groups in total. The highest BCUT2D eigenvalue weighted by molar-refractivity contribution is 6.52. The Balaban J connectivity index is 1.63. The van der Waals surface area contributed by atoms with Crippen LogP contribution in [-0.2, 0) is 19.1 Å². The number of nitrogens with zero attached hydrogens (tertiary/aromatic N) is 1. The molecular formula is C21H20N2O5. The van der Waals surface area contributed by atoms with Gasteiger partial charge in [0.2, 0.25) is 0 Å². The van der Waals surface area contributed by atoms with Gasteiger partial charge in [-0.2, -0.15) is 0 Å². The van der Waals surface area contributed by atoms with Gasteiger partial charge in [0, 0.05) is 5.69 Å². The van der Waals surface area contributed by atoms with Crippen molar-refractivity contribution in [2.24, 2.45) is 0 Å². The van der Waals surface area contributed by atoms with Crippen LogP contribution in [0.2, 0.25) is 0 Å². The van der Waals surface area contributed by atoms with Crippen LogP contribution in [-0.4, -0.2) is 36.2 Å². The van der Waals surface area contributed by atoms with Crippen LogP contribution in [0.4, 0.5) is 11.4 Å². The first kappa shape index (κ1) is 19.3. The van der Waals surface area contributed by atoms with Crippen molar-refractivity contribution >= 4 is 34.9 Å². The molecule has 2 amide bonds. The van der Waals surface area contributed by atoms with Crippen molar-refractivity contribution in [2.75, 3.05) is 16.8 Å². The lowest BCUT2D eigenvalue weighted by Gasteiger charge is -2.18. The van der Waals surface area contributed by atoms with E-state index in [9.17, 15) is 19.2 Å². The molecule has 28 heavy (non-hydrogen) atoms. The van der Waals surface area contributed by atoms with Crippen LogP contribution in [0, 0.1) is 13.8 Å². The van der Waals surface area contributed by atoms with Crippen molar-refractivity contribution in [3.05, 3.63) is 59.2 Å². The van der Waals surface area contributed by atoms with Gasteiger partial charge in [0.25, 0.3) is 17.6 Å². The van der Waals surface area contributed by atoms with Crippen LogP contribution in [0.15, 0.2) is 42.5 Å². The summed E-state index contributed by atoms with van der Waals surface area (Å²) in [6.07, 6.45) is -1.06. The minimum atomic E-state index is -1.06. The topological polar surface area (TPSA) is 92.8 Å². The Labute approximate surface area is 162 Å². The Morgan fingerprint density at radius 1 is 1.11 bits per heavy atom. The molecule has 0 saturated carbocycles. The fourth-order valence-electron chi connectivity index (χ4n) is 2.93. The monoisotopic (exact) mass is 380 g/mol. The summed E-state index contributed by atoms with van der Waals surface area (Å²) in [7, 11) is 0. The summed E-state index contributed by atoms with van der Waals surface area (Å²) in [5, 5.41) is 2.73. The first-order valence-electron chi connectivity index (χ1n) is 8.80. The van der Waals surface area contributed by atoms with Crippen molar-refractivity contribution in [3.8, 4) is 0 Å². The predicted octanol–water partition coefficient (Wildman–Crippen LogP) is 2.40. The molecule has 0 aliphatic carbocycles. The lowest BCUT2D eigenvalue weighted by atomic mass is 10.1. The van der Waals surface area contributed by atoms with Gasteiger partial charge in [-0.15, -0.1) is 0 Å². The number of para-hydroxylation sites is 1. The molecule has 1 heterocycles. The van der Waals surface area contributed by atoms with Gasteiger partial charge in [-0.05, 0) is 50.1 Å². The smallest absolute Gasteiger partial charge is 0.326 e. The van der Waals surface area contributed by atoms with Crippen molar-refractivity contribution in [3.63, 3.8) is 0 Å². The van der Waals surface area contributed by atoms with E-state index >= 15 is 0 Å². The highest BCUT2D eigenvalue weighted by Crippen LogP contribution is 2.28. The molecule has 0 aromatic heterocycles. The molecular weight excluding hydrogens is 360 g/mol. The summed E-state index contributed by atoms with van der Waals surface area (Å²) < 4.78 is 5.16. The van der Waals surface area contributed by atoms with E-state index in [1.165, 1.54) is 13.0 Å². The van der Waals surface area contributed by atoms with E-state index in [1.807, 2.05) is 32.0 Å². The molecule has 2 aromatic carbocycles. The number of carbonyl (C=O) groups is 4. The van der Waals surface area contributed by atoms with Gasteiger partial charge >= 0.3 is 5.97 Å². The molecule has 3 rings (SSSR count). The number of aryl methyl sites for hydroxylation is 2. The maximum Gasteiger partial charge on any atom is 0.326 e. The summed E-state index contributed by atoms with van der Waals surface area (Å²) in [6.45, 7) is 4.77. The number of nitrogens with one attached hydrogen (secondary N) is 1. The van der Waals surface area contributed by atoms with Crippen molar-refractivity contribution < 1.29 is 23.9 Å². The molecule has 7 heteroatoms. The molecule has 1 aliphatic rings. The Hall–Kier alpha value is -3.48. The third-order valence-electron chi connectivity index (χ3n) is 4.49. The Kier molecular flexibility index (Phi) is 5.26. The van der Waals surface area contributed by atoms with E-state index in [0.717, 1.165) is 16.0 Å². The standard InChI is InChI=1S/C21H20N2O5/c1-12-8-9-13(2)16(10-12)22-20(26)14(3)28-18(24)11-23-17-7-5-4-6-15(17)19(25)21(23)27/h4-10,14H,11H2,1-3H3,(H,22,26)/t14-/m1/s1. The van der Waals surface area contributed by atoms with E-state index in [0.29, 0.717) is 11.4 Å². The third kappa shape index (κ3) is 3.78. The molecule has 0 fully saturated rings. The number of fused-ring (bicyclic) bond motifs is 1. The zero-order valence-electron chi connectivity index (χ0n) is 15.8. The molecule has 1 atom stereocenters. The quantitative estimate of drug-likeness (QED) is 0.635. The molecule has 0 unspecified atom stereocenters. The number of Topliss-reactive ketones (excluding diaryl/α,β-unsaturated/α-hetero) is 1. The largest absolute Gasteiger partial charge is 0.451 e.